The van der Waals surface area contributed by atoms with Gasteiger partial charge in [0.1, 0.15) is 6.54 Å². The van der Waals surface area contributed by atoms with E-state index in [1.165, 1.54) is 11.3 Å². The largest absolute Gasteiger partial charge is 0.336 e. The zero-order valence-corrected chi connectivity index (χ0v) is 16.6. The maximum absolute atomic E-state index is 12.8. The molecule has 3 amide bonds. The molecule has 8 nitrogen and oxygen atoms in total. The molecule has 1 aliphatic heterocycles. The third-order valence-corrected chi connectivity index (χ3v) is 5.55. The van der Waals surface area contributed by atoms with Crippen LogP contribution in [-0.4, -0.2) is 44.0 Å². The number of para-hydroxylation sites is 2. The van der Waals surface area contributed by atoms with Crippen LogP contribution < -0.4 is 10.6 Å². The van der Waals surface area contributed by atoms with Crippen molar-refractivity contribution in [2.45, 2.75) is 39.4 Å². The van der Waals surface area contributed by atoms with Crippen LogP contribution in [0.25, 0.3) is 11.0 Å². The second-order valence-corrected chi connectivity index (χ2v) is 8.15. The molecule has 4 rings (SSSR count). The summed E-state index contributed by atoms with van der Waals surface area (Å²) in [7, 11) is 0. The molecule has 1 aromatic carbocycles. The molecule has 0 saturated carbocycles. The highest BCUT2D eigenvalue weighted by Crippen LogP contribution is 2.28. The van der Waals surface area contributed by atoms with Gasteiger partial charge in [-0.3, -0.25) is 10.1 Å². The van der Waals surface area contributed by atoms with Crippen LogP contribution in [-0.2, 0) is 24.3 Å². The summed E-state index contributed by atoms with van der Waals surface area (Å²) in [5.41, 5.74) is 2.80. The summed E-state index contributed by atoms with van der Waals surface area (Å²) in [5.74, 6) is 0.0502. The topological polar surface area (TPSA) is 92.2 Å². The number of thiazole rings is 1. The van der Waals surface area contributed by atoms with Crippen molar-refractivity contribution >= 4 is 39.4 Å². The van der Waals surface area contributed by atoms with E-state index in [1.54, 1.807) is 6.33 Å². The van der Waals surface area contributed by atoms with E-state index in [-0.39, 0.29) is 24.5 Å². The molecule has 28 heavy (non-hydrogen) atoms. The Morgan fingerprint density at radius 2 is 2.11 bits per heavy atom. The number of aromatic nitrogens is 3. The second-order valence-electron chi connectivity index (χ2n) is 7.07. The number of urea groups is 1. The number of nitrogens with zero attached hydrogens (tertiary/aromatic N) is 4. The molecule has 0 aliphatic carbocycles. The van der Waals surface area contributed by atoms with Crippen molar-refractivity contribution in [2.75, 3.05) is 11.9 Å². The van der Waals surface area contributed by atoms with Gasteiger partial charge in [0.05, 0.1) is 29.6 Å². The predicted octanol–water partition coefficient (Wildman–Crippen LogP) is 2.61. The van der Waals surface area contributed by atoms with Crippen molar-refractivity contribution in [1.82, 2.24) is 24.8 Å². The smallest absolute Gasteiger partial charge is 0.321 e. The quantitative estimate of drug-likeness (QED) is 0.707. The van der Waals surface area contributed by atoms with E-state index in [1.807, 2.05) is 47.6 Å². The maximum Gasteiger partial charge on any atom is 0.321 e. The first-order chi connectivity index (χ1) is 13.5. The zero-order valence-electron chi connectivity index (χ0n) is 15.8. The Morgan fingerprint density at radius 3 is 2.93 bits per heavy atom. The lowest BCUT2D eigenvalue weighted by atomic mass is 10.2. The molecule has 2 aromatic heterocycles. The van der Waals surface area contributed by atoms with Crippen LogP contribution in [0, 0.1) is 0 Å². The molecule has 0 unspecified atom stereocenters. The lowest BCUT2D eigenvalue weighted by molar-refractivity contribution is -0.132. The molecule has 0 spiro atoms. The molecule has 9 heteroatoms. The Bertz CT molecular complexity index is 1020. The Balaban J connectivity index is 1.42. The summed E-state index contributed by atoms with van der Waals surface area (Å²) in [6, 6.07) is 7.57. The molecule has 146 valence electrons. The number of fused-ring (bicyclic) bond motifs is 2. The molecule has 0 atom stereocenters. The van der Waals surface area contributed by atoms with Crippen LogP contribution in [0.1, 0.15) is 24.4 Å². The number of hydrogen-bond acceptors (Lipinski definition) is 5. The molecule has 0 bridgehead atoms. The van der Waals surface area contributed by atoms with Crippen LogP contribution >= 0.6 is 11.3 Å². The molecule has 0 radical (unpaired) electrons. The summed E-state index contributed by atoms with van der Waals surface area (Å²) in [4.78, 5) is 36.4. The van der Waals surface area contributed by atoms with E-state index >= 15 is 0 Å². The number of anilines is 1. The van der Waals surface area contributed by atoms with Gasteiger partial charge in [-0.05, 0) is 26.0 Å². The predicted molar refractivity (Wildman–Crippen MR) is 108 cm³/mol. The Hall–Kier alpha value is -2.94. The van der Waals surface area contributed by atoms with E-state index in [0.717, 1.165) is 21.6 Å². The van der Waals surface area contributed by atoms with Crippen LogP contribution in [0.15, 0.2) is 30.6 Å². The first kappa shape index (κ1) is 18.4. The van der Waals surface area contributed by atoms with E-state index in [0.29, 0.717) is 24.6 Å². The van der Waals surface area contributed by atoms with Crippen LogP contribution in [0.4, 0.5) is 9.93 Å². The molecule has 1 aliphatic rings. The standard InChI is InChI=1S/C19H22N6O2S/c1-12(2)21-18(27)23-19-22-14-7-8-24(9-16(14)28-19)17(26)10-25-11-20-13-5-3-4-6-15(13)25/h3-6,11-12H,7-10H2,1-2H3,(H2,21,22,23,27). The monoisotopic (exact) mass is 398 g/mol. The summed E-state index contributed by atoms with van der Waals surface area (Å²) in [5, 5.41) is 6.12. The van der Waals surface area contributed by atoms with Gasteiger partial charge in [0.2, 0.25) is 5.91 Å². The lowest BCUT2D eigenvalue weighted by Crippen LogP contribution is -2.37. The number of nitrogens with one attached hydrogen (secondary N) is 2. The molecular formula is C19H22N6O2S. The first-order valence-corrected chi connectivity index (χ1v) is 10.0. The molecule has 2 N–H and O–H groups in total. The highest BCUT2D eigenvalue weighted by atomic mass is 32.1. The van der Waals surface area contributed by atoms with Gasteiger partial charge >= 0.3 is 6.03 Å². The minimum atomic E-state index is -0.263. The average Bonchev–Trinajstić information content (AvgIpc) is 3.23. The summed E-state index contributed by atoms with van der Waals surface area (Å²) >= 11 is 1.43. The van der Waals surface area contributed by atoms with Gasteiger partial charge in [0, 0.05) is 23.9 Å². The fraction of sp³-hybridized carbons (Fsp3) is 0.368. The Kier molecular flexibility index (Phi) is 4.99. The van der Waals surface area contributed by atoms with Gasteiger partial charge in [-0.15, -0.1) is 0 Å². The molecular weight excluding hydrogens is 376 g/mol. The SMILES string of the molecule is CC(C)NC(=O)Nc1nc2c(s1)CN(C(=O)Cn1cnc3ccccc31)CC2. The van der Waals surface area contributed by atoms with Crippen molar-refractivity contribution < 1.29 is 9.59 Å². The second kappa shape index (κ2) is 7.59. The number of benzene rings is 1. The minimum Gasteiger partial charge on any atom is -0.336 e. The van der Waals surface area contributed by atoms with Crippen LogP contribution in [0.3, 0.4) is 0 Å². The molecule has 3 aromatic rings. The molecule has 0 fully saturated rings. The highest BCUT2D eigenvalue weighted by molar-refractivity contribution is 7.15. The zero-order chi connectivity index (χ0) is 19.7. The molecule has 3 heterocycles. The fourth-order valence-corrected chi connectivity index (χ4v) is 4.26. The number of imidazole rings is 1. The number of carbonyl (C=O) groups is 2. The van der Waals surface area contributed by atoms with Gasteiger partial charge in [0.25, 0.3) is 0 Å². The lowest BCUT2D eigenvalue weighted by Gasteiger charge is -2.26. The van der Waals surface area contributed by atoms with Gasteiger partial charge in [-0.25, -0.2) is 14.8 Å². The van der Waals surface area contributed by atoms with Gasteiger partial charge in [-0.2, -0.15) is 0 Å². The first-order valence-electron chi connectivity index (χ1n) is 9.23. The van der Waals surface area contributed by atoms with Gasteiger partial charge in [-0.1, -0.05) is 23.5 Å². The van der Waals surface area contributed by atoms with E-state index in [2.05, 4.69) is 20.6 Å². The average molecular weight is 398 g/mol. The van der Waals surface area contributed by atoms with Crippen molar-refractivity contribution in [3.63, 3.8) is 0 Å². The van der Waals surface area contributed by atoms with Crippen molar-refractivity contribution in [3.8, 4) is 0 Å². The summed E-state index contributed by atoms with van der Waals surface area (Å²) < 4.78 is 1.88. The Morgan fingerprint density at radius 1 is 1.29 bits per heavy atom. The Labute approximate surface area is 166 Å². The fourth-order valence-electron chi connectivity index (χ4n) is 3.24. The van der Waals surface area contributed by atoms with E-state index in [4.69, 9.17) is 0 Å². The minimum absolute atomic E-state index is 0.0502. The van der Waals surface area contributed by atoms with Crippen molar-refractivity contribution in [2.24, 2.45) is 0 Å². The summed E-state index contributed by atoms with van der Waals surface area (Å²) in [6.07, 6.45) is 2.40. The maximum atomic E-state index is 12.8. The third-order valence-electron chi connectivity index (χ3n) is 4.56. The van der Waals surface area contributed by atoms with E-state index < -0.39 is 0 Å². The summed E-state index contributed by atoms with van der Waals surface area (Å²) in [6.45, 7) is 5.21. The van der Waals surface area contributed by atoms with Crippen LogP contribution in [0.5, 0.6) is 0 Å². The molecule has 0 saturated heterocycles. The number of hydrogen-bond donors (Lipinski definition) is 2. The van der Waals surface area contributed by atoms with Gasteiger partial charge < -0.3 is 14.8 Å². The third kappa shape index (κ3) is 3.84. The van der Waals surface area contributed by atoms with Crippen molar-refractivity contribution in [3.05, 3.63) is 41.2 Å². The van der Waals surface area contributed by atoms with Gasteiger partial charge in [0.15, 0.2) is 5.13 Å². The van der Waals surface area contributed by atoms with Crippen molar-refractivity contribution in [1.29, 1.82) is 0 Å². The van der Waals surface area contributed by atoms with Crippen LogP contribution in [0.2, 0.25) is 0 Å². The number of carbonyl (C=O) groups excluding carboxylic acids is 2. The number of amides is 3. The highest BCUT2D eigenvalue weighted by Gasteiger charge is 2.25. The van der Waals surface area contributed by atoms with E-state index in [9.17, 15) is 9.59 Å². The normalized spacial score (nSPS) is 13.6. The number of rotatable bonds is 4.